The predicted octanol–water partition coefficient (Wildman–Crippen LogP) is 4.15. The Morgan fingerprint density at radius 3 is 2.70 bits per heavy atom. The van der Waals surface area contributed by atoms with Crippen LogP contribution in [0.2, 0.25) is 10.0 Å². The van der Waals surface area contributed by atoms with Gasteiger partial charge in [0.05, 0.1) is 10.7 Å². The Hall–Kier alpha value is -1.78. The lowest BCUT2D eigenvalue weighted by Gasteiger charge is -2.09. The maximum absolute atomic E-state index is 13.6. The number of halogens is 3. The number of amides is 1. The van der Waals surface area contributed by atoms with E-state index in [0.29, 0.717) is 10.8 Å². The number of nitrogens with one attached hydrogen (secondary N) is 1. The number of benzene rings is 2. The minimum absolute atomic E-state index is 0.0113. The van der Waals surface area contributed by atoms with Crippen molar-refractivity contribution in [2.75, 3.05) is 11.9 Å². The van der Waals surface area contributed by atoms with Crippen LogP contribution < -0.4 is 10.1 Å². The molecule has 2 aromatic rings. The van der Waals surface area contributed by atoms with Crippen LogP contribution in [0.3, 0.4) is 0 Å². The molecule has 2 aromatic carbocycles. The van der Waals surface area contributed by atoms with Crippen LogP contribution in [-0.2, 0) is 4.79 Å². The van der Waals surface area contributed by atoms with E-state index < -0.39 is 11.7 Å². The highest BCUT2D eigenvalue weighted by atomic mass is 35.5. The maximum Gasteiger partial charge on any atom is 0.262 e. The Labute approximate surface area is 125 Å². The largest absolute Gasteiger partial charge is 0.484 e. The van der Waals surface area contributed by atoms with Gasteiger partial charge in [-0.15, -0.1) is 0 Å². The topological polar surface area (TPSA) is 38.3 Å². The summed E-state index contributed by atoms with van der Waals surface area (Å²) in [7, 11) is 0. The molecule has 104 valence electrons. The summed E-state index contributed by atoms with van der Waals surface area (Å²) in [6.07, 6.45) is 0. The van der Waals surface area contributed by atoms with Gasteiger partial charge in [0.2, 0.25) is 0 Å². The van der Waals surface area contributed by atoms with E-state index in [1.807, 2.05) is 0 Å². The summed E-state index contributed by atoms with van der Waals surface area (Å²) < 4.78 is 18.8. The molecule has 0 fully saturated rings. The highest BCUT2D eigenvalue weighted by molar-refractivity contribution is 6.31. The van der Waals surface area contributed by atoms with Gasteiger partial charge in [-0.3, -0.25) is 4.79 Å². The van der Waals surface area contributed by atoms with E-state index in [-0.39, 0.29) is 17.3 Å². The Bertz CT molecular complexity index is 634. The van der Waals surface area contributed by atoms with Gasteiger partial charge in [0, 0.05) is 5.02 Å². The number of ether oxygens (including phenoxy) is 1. The third-order valence-corrected chi connectivity index (χ3v) is 2.92. The van der Waals surface area contributed by atoms with Crippen molar-refractivity contribution in [2.45, 2.75) is 0 Å². The monoisotopic (exact) mass is 313 g/mol. The molecule has 0 radical (unpaired) electrons. The second-order valence-corrected chi connectivity index (χ2v) is 4.74. The van der Waals surface area contributed by atoms with Crippen molar-refractivity contribution in [1.29, 1.82) is 0 Å². The number of carbonyl (C=O) groups excluding carboxylic acids is 1. The molecule has 1 amide bonds. The average molecular weight is 314 g/mol. The molecule has 0 unspecified atom stereocenters. The van der Waals surface area contributed by atoms with E-state index in [4.69, 9.17) is 27.9 Å². The molecule has 2 rings (SSSR count). The molecule has 0 atom stereocenters. The molecule has 0 aliphatic rings. The second-order valence-electron chi connectivity index (χ2n) is 3.90. The van der Waals surface area contributed by atoms with E-state index in [2.05, 4.69) is 5.32 Å². The van der Waals surface area contributed by atoms with E-state index in [9.17, 15) is 9.18 Å². The first-order valence-corrected chi connectivity index (χ1v) is 6.44. The second kappa shape index (κ2) is 6.59. The van der Waals surface area contributed by atoms with Crippen molar-refractivity contribution < 1.29 is 13.9 Å². The maximum atomic E-state index is 13.6. The molecule has 3 nitrogen and oxygen atoms in total. The van der Waals surface area contributed by atoms with Crippen molar-refractivity contribution in [3.05, 3.63) is 58.3 Å². The molecule has 1 N–H and O–H groups in total. The van der Waals surface area contributed by atoms with Crippen LogP contribution in [0.1, 0.15) is 0 Å². The molecule has 0 aliphatic carbocycles. The average Bonchev–Trinajstić information content (AvgIpc) is 2.42. The summed E-state index contributed by atoms with van der Waals surface area (Å²) in [6, 6.07) is 11.0. The molecule has 0 bridgehead atoms. The summed E-state index contributed by atoms with van der Waals surface area (Å²) in [5, 5.41) is 2.83. The number of rotatable bonds is 4. The molecular weight excluding hydrogens is 304 g/mol. The van der Waals surface area contributed by atoms with Gasteiger partial charge in [-0.25, -0.2) is 4.39 Å². The molecule has 6 heteroatoms. The summed E-state index contributed by atoms with van der Waals surface area (Å²) in [6.45, 7) is -0.258. The standard InChI is InChI=1S/C14H10Cl2FNO2/c15-9-3-1-4-10(7-9)20-8-13(19)18-12-6-2-5-11(16)14(12)17/h1-7H,8H2,(H,18,19). The van der Waals surface area contributed by atoms with Crippen molar-refractivity contribution in [3.8, 4) is 5.75 Å². The van der Waals surface area contributed by atoms with Crippen molar-refractivity contribution >= 4 is 34.8 Å². The van der Waals surface area contributed by atoms with Gasteiger partial charge in [-0.05, 0) is 30.3 Å². The van der Waals surface area contributed by atoms with Crippen molar-refractivity contribution in [3.63, 3.8) is 0 Å². The summed E-state index contributed by atoms with van der Waals surface area (Å²) >= 11 is 11.4. The Morgan fingerprint density at radius 2 is 1.95 bits per heavy atom. The van der Waals surface area contributed by atoms with Gasteiger partial charge in [0.15, 0.2) is 12.4 Å². The molecule has 0 aromatic heterocycles. The predicted molar refractivity (Wildman–Crippen MR) is 77.0 cm³/mol. The fourth-order valence-electron chi connectivity index (χ4n) is 1.49. The molecule has 0 heterocycles. The van der Waals surface area contributed by atoms with Crippen LogP contribution in [0.5, 0.6) is 5.75 Å². The van der Waals surface area contributed by atoms with Gasteiger partial charge < -0.3 is 10.1 Å². The van der Waals surface area contributed by atoms with Gasteiger partial charge in [0.25, 0.3) is 5.91 Å². The number of carbonyl (C=O) groups is 1. The van der Waals surface area contributed by atoms with Crippen molar-refractivity contribution in [1.82, 2.24) is 0 Å². The minimum atomic E-state index is -0.676. The van der Waals surface area contributed by atoms with E-state index >= 15 is 0 Å². The first-order chi connectivity index (χ1) is 9.56. The fourth-order valence-corrected chi connectivity index (χ4v) is 1.85. The Balaban J connectivity index is 1.94. The summed E-state index contributed by atoms with van der Waals surface area (Å²) in [4.78, 5) is 11.7. The first kappa shape index (κ1) is 14.6. The third kappa shape index (κ3) is 3.85. The first-order valence-electron chi connectivity index (χ1n) is 5.68. The highest BCUT2D eigenvalue weighted by Crippen LogP contribution is 2.22. The normalized spacial score (nSPS) is 10.2. The number of hydrogen-bond acceptors (Lipinski definition) is 2. The molecule has 20 heavy (non-hydrogen) atoms. The zero-order valence-corrected chi connectivity index (χ0v) is 11.7. The number of hydrogen-bond donors (Lipinski definition) is 1. The van der Waals surface area contributed by atoms with E-state index in [1.54, 1.807) is 30.3 Å². The zero-order chi connectivity index (χ0) is 14.5. The molecular formula is C14H10Cl2FNO2. The summed E-state index contributed by atoms with van der Waals surface area (Å²) in [5.74, 6) is -0.712. The van der Waals surface area contributed by atoms with E-state index in [1.165, 1.54) is 12.1 Å². The van der Waals surface area contributed by atoms with Gasteiger partial charge >= 0.3 is 0 Å². The quantitative estimate of drug-likeness (QED) is 0.920. The Kier molecular flexibility index (Phi) is 4.82. The van der Waals surface area contributed by atoms with Crippen LogP contribution in [0.4, 0.5) is 10.1 Å². The van der Waals surface area contributed by atoms with Gasteiger partial charge in [-0.2, -0.15) is 0 Å². The zero-order valence-electron chi connectivity index (χ0n) is 10.2. The molecule has 0 aliphatic heterocycles. The summed E-state index contributed by atoms with van der Waals surface area (Å²) in [5.41, 5.74) is 0.0113. The minimum Gasteiger partial charge on any atom is -0.484 e. The smallest absolute Gasteiger partial charge is 0.262 e. The SMILES string of the molecule is O=C(COc1cccc(Cl)c1)Nc1cccc(Cl)c1F. The molecule has 0 spiro atoms. The fraction of sp³-hybridized carbons (Fsp3) is 0.0714. The van der Waals surface area contributed by atoms with Crippen LogP contribution in [0.25, 0.3) is 0 Å². The van der Waals surface area contributed by atoms with Gasteiger partial charge in [0.1, 0.15) is 5.75 Å². The lowest BCUT2D eigenvalue weighted by Crippen LogP contribution is -2.20. The lowest BCUT2D eigenvalue weighted by atomic mass is 10.3. The molecule has 0 saturated carbocycles. The lowest BCUT2D eigenvalue weighted by molar-refractivity contribution is -0.118. The third-order valence-electron chi connectivity index (χ3n) is 2.39. The van der Waals surface area contributed by atoms with Crippen LogP contribution >= 0.6 is 23.2 Å². The van der Waals surface area contributed by atoms with Crippen LogP contribution in [0, 0.1) is 5.82 Å². The highest BCUT2D eigenvalue weighted by Gasteiger charge is 2.10. The van der Waals surface area contributed by atoms with Crippen molar-refractivity contribution in [2.24, 2.45) is 0 Å². The Morgan fingerprint density at radius 1 is 1.20 bits per heavy atom. The van der Waals surface area contributed by atoms with Crippen LogP contribution in [-0.4, -0.2) is 12.5 Å². The van der Waals surface area contributed by atoms with Crippen LogP contribution in [0.15, 0.2) is 42.5 Å². The van der Waals surface area contributed by atoms with Gasteiger partial charge in [-0.1, -0.05) is 35.3 Å². The van der Waals surface area contributed by atoms with E-state index in [0.717, 1.165) is 0 Å². The number of anilines is 1. The molecule has 0 saturated heterocycles.